The molecule has 4 heteroatoms. The number of rotatable bonds is 11. The topological polar surface area (TPSA) is 38.7 Å². The first-order valence-corrected chi connectivity index (χ1v) is 15.9. The van der Waals surface area contributed by atoms with E-state index in [1.165, 1.54) is 26.1 Å². The highest BCUT2D eigenvalue weighted by molar-refractivity contribution is 7.19. The molecule has 2 aromatic carbocycles. The van der Waals surface area contributed by atoms with E-state index in [2.05, 4.69) is 84.9 Å². The molecule has 1 N–H and O–H groups in total. The zero-order valence-electron chi connectivity index (χ0n) is 25.5. The monoisotopic (exact) mass is 550 g/mol. The SMILES string of the molecule is CCCC1(c2c(CC)ccc(O)c2C)[C@@H](C)C(OC)C(COCc2cc3ccccc3s2)C[C@]1(CC)C(C)C. The Morgan fingerprint density at radius 3 is 2.46 bits per heavy atom. The van der Waals surface area contributed by atoms with E-state index in [0.717, 1.165) is 37.7 Å². The molecule has 0 aliphatic heterocycles. The van der Waals surface area contributed by atoms with E-state index < -0.39 is 0 Å². The number of phenols is 1. The average Bonchev–Trinajstić information content (AvgIpc) is 3.34. The van der Waals surface area contributed by atoms with Gasteiger partial charge in [0.05, 0.1) is 19.3 Å². The first-order valence-electron chi connectivity index (χ1n) is 15.1. The Kier molecular flexibility index (Phi) is 9.51. The van der Waals surface area contributed by atoms with Gasteiger partial charge in [0.25, 0.3) is 0 Å². The molecule has 1 heterocycles. The van der Waals surface area contributed by atoms with Crippen molar-refractivity contribution in [2.75, 3.05) is 13.7 Å². The van der Waals surface area contributed by atoms with E-state index in [4.69, 9.17) is 9.47 Å². The summed E-state index contributed by atoms with van der Waals surface area (Å²) in [7, 11) is 1.89. The van der Waals surface area contributed by atoms with Gasteiger partial charge in [0, 0.05) is 28.0 Å². The Hall–Kier alpha value is -1.88. The lowest BCUT2D eigenvalue weighted by atomic mass is 9.41. The third-order valence-electron chi connectivity index (χ3n) is 10.3. The molecule has 0 radical (unpaired) electrons. The third-order valence-corrected chi connectivity index (χ3v) is 11.4. The molecule has 5 atom stereocenters. The smallest absolute Gasteiger partial charge is 0.118 e. The first-order chi connectivity index (χ1) is 18.7. The summed E-state index contributed by atoms with van der Waals surface area (Å²) in [4.78, 5) is 1.28. The van der Waals surface area contributed by atoms with Crippen LogP contribution < -0.4 is 0 Å². The molecule has 1 fully saturated rings. The standard InChI is InChI=1S/C35H50O3S/c1-9-18-35(32-24(6)30(36)17-16-26(32)10-2)25(7)33(37-8)28(20-34(35,11-3)23(4)5)21-38-22-29-19-27-14-12-13-15-31(27)39-29/h12-17,19,23,25,28,33,36H,9-11,18,20-22H2,1-8H3/t25-,28?,33?,34+,35?/m0/s1. The predicted octanol–water partition coefficient (Wildman–Crippen LogP) is 9.46. The van der Waals surface area contributed by atoms with Crippen molar-refractivity contribution in [1.29, 1.82) is 0 Å². The van der Waals surface area contributed by atoms with Crippen LogP contribution in [-0.2, 0) is 27.9 Å². The van der Waals surface area contributed by atoms with Crippen molar-refractivity contribution in [2.24, 2.45) is 23.2 Å². The summed E-state index contributed by atoms with van der Waals surface area (Å²) in [6.45, 7) is 17.7. The fourth-order valence-electron chi connectivity index (χ4n) is 8.64. The molecule has 1 aliphatic rings. The van der Waals surface area contributed by atoms with Crippen LogP contribution in [0.4, 0.5) is 0 Å². The second-order valence-corrected chi connectivity index (χ2v) is 13.4. The van der Waals surface area contributed by atoms with Crippen LogP contribution in [0, 0.1) is 30.1 Å². The van der Waals surface area contributed by atoms with Gasteiger partial charge in [-0.25, -0.2) is 0 Å². The highest BCUT2D eigenvalue weighted by Gasteiger charge is 2.62. The van der Waals surface area contributed by atoms with Crippen LogP contribution >= 0.6 is 11.3 Å². The molecule has 4 rings (SSSR count). The van der Waals surface area contributed by atoms with E-state index in [1.807, 2.05) is 24.5 Å². The summed E-state index contributed by atoms with van der Waals surface area (Å²) in [6, 6.07) is 14.9. The molecule has 3 unspecified atom stereocenters. The van der Waals surface area contributed by atoms with Crippen LogP contribution in [0.5, 0.6) is 5.75 Å². The van der Waals surface area contributed by atoms with Crippen LogP contribution in [0.15, 0.2) is 42.5 Å². The van der Waals surface area contributed by atoms with Gasteiger partial charge >= 0.3 is 0 Å². The number of hydrogen-bond donors (Lipinski definition) is 1. The average molecular weight is 551 g/mol. The van der Waals surface area contributed by atoms with Crippen molar-refractivity contribution in [1.82, 2.24) is 0 Å². The number of phenolic OH excluding ortho intramolecular Hbond substituents is 1. The number of thiophene rings is 1. The molecule has 39 heavy (non-hydrogen) atoms. The maximum absolute atomic E-state index is 11.0. The van der Waals surface area contributed by atoms with Crippen molar-refractivity contribution in [3.8, 4) is 5.75 Å². The van der Waals surface area contributed by atoms with E-state index in [0.29, 0.717) is 30.8 Å². The Morgan fingerprint density at radius 2 is 1.85 bits per heavy atom. The Morgan fingerprint density at radius 1 is 1.10 bits per heavy atom. The maximum atomic E-state index is 11.0. The number of methoxy groups -OCH3 is 1. The van der Waals surface area contributed by atoms with Crippen LogP contribution in [-0.4, -0.2) is 24.9 Å². The quantitative estimate of drug-likeness (QED) is 0.258. The van der Waals surface area contributed by atoms with Gasteiger partial charge in [-0.15, -0.1) is 11.3 Å². The van der Waals surface area contributed by atoms with Crippen LogP contribution in [0.1, 0.15) is 88.8 Å². The Labute approximate surface area is 240 Å². The first kappa shape index (κ1) is 30.1. The summed E-state index contributed by atoms with van der Waals surface area (Å²) >= 11 is 1.83. The van der Waals surface area contributed by atoms with Gasteiger partial charge in [-0.2, -0.15) is 0 Å². The van der Waals surface area contributed by atoms with Gasteiger partial charge in [-0.05, 0) is 90.1 Å². The summed E-state index contributed by atoms with van der Waals surface area (Å²) in [6.07, 6.45) is 5.40. The lowest BCUT2D eigenvalue weighted by Gasteiger charge is -2.64. The molecule has 1 aliphatic carbocycles. The van der Waals surface area contributed by atoms with Crippen LogP contribution in [0.3, 0.4) is 0 Å². The van der Waals surface area contributed by atoms with Crippen molar-refractivity contribution in [2.45, 2.75) is 98.7 Å². The number of aryl methyl sites for hydroxylation is 1. The van der Waals surface area contributed by atoms with Gasteiger partial charge in [0.15, 0.2) is 0 Å². The fourth-order valence-corrected chi connectivity index (χ4v) is 9.64. The maximum Gasteiger partial charge on any atom is 0.118 e. The summed E-state index contributed by atoms with van der Waals surface area (Å²) in [5.41, 5.74) is 3.79. The summed E-state index contributed by atoms with van der Waals surface area (Å²) in [5, 5.41) is 12.3. The largest absolute Gasteiger partial charge is 0.508 e. The minimum Gasteiger partial charge on any atom is -0.508 e. The van der Waals surface area contributed by atoms with Crippen molar-refractivity contribution in [3.63, 3.8) is 0 Å². The highest BCUT2D eigenvalue weighted by Crippen LogP contribution is 2.65. The molecule has 0 spiro atoms. The van der Waals surface area contributed by atoms with Crippen LogP contribution in [0.25, 0.3) is 10.1 Å². The molecule has 3 nitrogen and oxygen atoms in total. The lowest BCUT2D eigenvalue weighted by molar-refractivity contribution is -0.156. The van der Waals surface area contributed by atoms with E-state index in [1.54, 1.807) is 0 Å². The minimum atomic E-state index is -0.0957. The van der Waals surface area contributed by atoms with E-state index in [-0.39, 0.29) is 22.9 Å². The second kappa shape index (κ2) is 12.3. The number of aromatic hydroxyl groups is 1. The van der Waals surface area contributed by atoms with Crippen LogP contribution in [0.2, 0.25) is 0 Å². The number of fused-ring (bicyclic) bond motifs is 1. The number of ether oxygens (including phenoxy) is 2. The lowest BCUT2D eigenvalue weighted by Crippen LogP contribution is -2.63. The number of benzene rings is 2. The van der Waals surface area contributed by atoms with Crippen molar-refractivity contribution in [3.05, 3.63) is 64.0 Å². The van der Waals surface area contributed by atoms with Gasteiger partial charge in [-0.3, -0.25) is 0 Å². The molecule has 0 saturated heterocycles. The minimum absolute atomic E-state index is 0.0611. The predicted molar refractivity (Wildman–Crippen MR) is 166 cm³/mol. The van der Waals surface area contributed by atoms with E-state index in [9.17, 15) is 5.11 Å². The van der Waals surface area contributed by atoms with Gasteiger partial charge in [0.2, 0.25) is 0 Å². The Balaban J connectivity index is 1.75. The summed E-state index contributed by atoms with van der Waals surface area (Å²) < 4.78 is 14.2. The second-order valence-electron chi connectivity index (χ2n) is 12.2. The molecule has 3 aromatic rings. The zero-order valence-corrected chi connectivity index (χ0v) is 26.3. The van der Waals surface area contributed by atoms with Gasteiger partial charge in [0.1, 0.15) is 5.75 Å². The molecule has 0 bridgehead atoms. The molecular formula is C35H50O3S. The third kappa shape index (κ3) is 5.06. The van der Waals surface area contributed by atoms with Gasteiger partial charge < -0.3 is 14.6 Å². The van der Waals surface area contributed by atoms with Crippen molar-refractivity contribution < 1.29 is 14.6 Å². The zero-order chi connectivity index (χ0) is 28.4. The summed E-state index contributed by atoms with van der Waals surface area (Å²) in [5.74, 6) is 1.49. The molecule has 1 saturated carbocycles. The Bertz CT molecular complexity index is 1210. The molecule has 214 valence electrons. The number of hydrogen-bond acceptors (Lipinski definition) is 4. The molecule has 1 aromatic heterocycles. The van der Waals surface area contributed by atoms with Gasteiger partial charge in [-0.1, -0.05) is 72.2 Å². The molecule has 0 amide bonds. The normalized spacial score (nSPS) is 27.5. The molecular weight excluding hydrogens is 500 g/mol. The van der Waals surface area contributed by atoms with E-state index >= 15 is 0 Å². The van der Waals surface area contributed by atoms with Crippen molar-refractivity contribution >= 4 is 21.4 Å². The fraction of sp³-hybridized carbons (Fsp3) is 0.600. The highest BCUT2D eigenvalue weighted by atomic mass is 32.1.